The lowest BCUT2D eigenvalue weighted by atomic mass is 10.2. The van der Waals surface area contributed by atoms with E-state index in [4.69, 9.17) is 11.7 Å². The molecule has 0 fully saturated rings. The van der Waals surface area contributed by atoms with Gasteiger partial charge < -0.3 is 0 Å². The summed E-state index contributed by atoms with van der Waals surface area (Å²) in [5.74, 6) is 17.5. The summed E-state index contributed by atoms with van der Waals surface area (Å²) in [6, 6.07) is -0.602. The molecule has 0 saturated heterocycles. The van der Waals surface area contributed by atoms with Crippen molar-refractivity contribution >= 4 is 17.8 Å². The van der Waals surface area contributed by atoms with Gasteiger partial charge in [-0.1, -0.05) is 6.58 Å². The molecule has 0 rings (SSSR count). The van der Waals surface area contributed by atoms with Crippen LogP contribution in [-0.2, 0) is 9.59 Å². The Morgan fingerprint density at radius 3 is 1.59 bits per heavy atom. The molecule has 0 bridgehead atoms. The standard InChI is InChI=1S/C5H10N4O2.CH6N4O/c1-3(5(11)9-7)2-4(10)8-6;2-4-1(6)5-3/h1-2,6-7H2,(H,8,10)(H,9,11);2-3H2,(H2,4,5,6). The lowest BCUT2D eigenvalue weighted by Crippen LogP contribution is -2.43. The van der Waals surface area contributed by atoms with Gasteiger partial charge in [-0.25, -0.2) is 28.2 Å². The Balaban J connectivity index is 0. The van der Waals surface area contributed by atoms with E-state index < -0.39 is 17.8 Å². The Bertz CT molecular complexity index is 285. The second-order valence-electron chi connectivity index (χ2n) is 2.44. The average molecular weight is 248 g/mol. The van der Waals surface area contributed by atoms with Crippen LogP contribution in [-0.4, -0.2) is 17.8 Å². The molecule has 0 heterocycles. The van der Waals surface area contributed by atoms with Crippen molar-refractivity contribution in [2.24, 2.45) is 23.4 Å². The first-order valence-electron chi connectivity index (χ1n) is 4.08. The number of carbonyl (C=O) groups is 3. The topological polar surface area (TPSA) is 203 Å². The monoisotopic (exact) mass is 248 g/mol. The van der Waals surface area contributed by atoms with Gasteiger partial charge in [-0.15, -0.1) is 0 Å². The molecule has 98 valence electrons. The zero-order valence-electron chi connectivity index (χ0n) is 8.95. The van der Waals surface area contributed by atoms with Crippen molar-refractivity contribution in [1.82, 2.24) is 21.7 Å². The van der Waals surface area contributed by atoms with Crippen LogP contribution in [0.4, 0.5) is 4.79 Å². The fourth-order valence-corrected chi connectivity index (χ4v) is 0.469. The van der Waals surface area contributed by atoms with Crippen LogP contribution in [0.3, 0.4) is 0 Å². The van der Waals surface area contributed by atoms with Gasteiger partial charge in [0.2, 0.25) is 5.91 Å². The Morgan fingerprint density at radius 1 is 0.882 bits per heavy atom. The van der Waals surface area contributed by atoms with Crippen molar-refractivity contribution in [3.05, 3.63) is 12.2 Å². The van der Waals surface area contributed by atoms with E-state index in [-0.39, 0.29) is 12.0 Å². The molecule has 0 saturated carbocycles. The molecule has 11 heteroatoms. The van der Waals surface area contributed by atoms with Gasteiger partial charge in [-0.05, 0) is 0 Å². The molecule has 0 radical (unpaired) electrons. The predicted molar refractivity (Wildman–Crippen MR) is 58.5 cm³/mol. The van der Waals surface area contributed by atoms with Crippen molar-refractivity contribution in [1.29, 1.82) is 0 Å². The van der Waals surface area contributed by atoms with Gasteiger partial charge in [0.25, 0.3) is 5.91 Å². The van der Waals surface area contributed by atoms with Crippen LogP contribution >= 0.6 is 0 Å². The number of hydrogen-bond donors (Lipinski definition) is 8. The quantitative estimate of drug-likeness (QED) is 0.107. The number of carbonyl (C=O) groups excluding carboxylic acids is 3. The summed E-state index contributed by atoms with van der Waals surface area (Å²) >= 11 is 0. The summed E-state index contributed by atoms with van der Waals surface area (Å²) in [5, 5.41) is 0. The molecule has 0 aliphatic rings. The Kier molecular flexibility index (Phi) is 10.4. The van der Waals surface area contributed by atoms with Crippen LogP contribution in [0, 0.1) is 0 Å². The van der Waals surface area contributed by atoms with Gasteiger partial charge in [-0.2, -0.15) is 0 Å². The maximum absolute atomic E-state index is 10.6. The largest absolute Gasteiger partial charge is 0.343 e. The molecule has 0 atom stereocenters. The van der Waals surface area contributed by atoms with Crippen molar-refractivity contribution < 1.29 is 14.4 Å². The third kappa shape index (κ3) is 10.1. The smallest absolute Gasteiger partial charge is 0.294 e. The van der Waals surface area contributed by atoms with Crippen molar-refractivity contribution in [2.75, 3.05) is 0 Å². The van der Waals surface area contributed by atoms with E-state index in [1.807, 2.05) is 10.9 Å². The third-order valence-electron chi connectivity index (χ3n) is 1.25. The molecule has 0 aliphatic heterocycles. The maximum Gasteiger partial charge on any atom is 0.343 e. The molecule has 0 aromatic rings. The third-order valence-corrected chi connectivity index (χ3v) is 1.25. The van der Waals surface area contributed by atoms with Crippen LogP contribution in [0.2, 0.25) is 0 Å². The Morgan fingerprint density at radius 2 is 1.35 bits per heavy atom. The first kappa shape index (κ1) is 17.2. The zero-order chi connectivity index (χ0) is 13.8. The Hall–Kier alpha value is -2.21. The maximum atomic E-state index is 10.6. The number of hydrazine groups is 4. The van der Waals surface area contributed by atoms with Gasteiger partial charge in [0.05, 0.1) is 6.42 Å². The number of hydrogen-bond acceptors (Lipinski definition) is 7. The molecule has 4 amide bonds. The lowest BCUT2D eigenvalue weighted by molar-refractivity contribution is -0.123. The minimum absolute atomic E-state index is 0.0652. The molecule has 0 spiro atoms. The number of rotatable bonds is 3. The highest BCUT2D eigenvalue weighted by atomic mass is 16.2. The summed E-state index contributed by atoms with van der Waals surface area (Å²) in [6.07, 6.45) is -0.153. The molecule has 0 aliphatic carbocycles. The van der Waals surface area contributed by atoms with E-state index in [1.165, 1.54) is 0 Å². The molecule has 12 N–H and O–H groups in total. The predicted octanol–water partition coefficient (Wildman–Crippen LogP) is -4.05. The molecule has 17 heavy (non-hydrogen) atoms. The highest BCUT2D eigenvalue weighted by Gasteiger charge is 2.08. The van der Waals surface area contributed by atoms with E-state index in [0.717, 1.165) is 0 Å². The van der Waals surface area contributed by atoms with Crippen LogP contribution < -0.4 is 45.1 Å². The average Bonchev–Trinajstić information content (AvgIpc) is 2.36. The molecular formula is C6H16N8O3. The first-order chi connectivity index (χ1) is 7.92. The van der Waals surface area contributed by atoms with Gasteiger partial charge in [0.15, 0.2) is 0 Å². The van der Waals surface area contributed by atoms with Crippen LogP contribution in [0.25, 0.3) is 0 Å². The van der Waals surface area contributed by atoms with Crippen LogP contribution in [0.15, 0.2) is 12.2 Å². The van der Waals surface area contributed by atoms with E-state index in [9.17, 15) is 14.4 Å². The first-order valence-corrected chi connectivity index (χ1v) is 4.08. The molecular weight excluding hydrogens is 232 g/mol. The molecule has 11 nitrogen and oxygen atoms in total. The van der Waals surface area contributed by atoms with Crippen LogP contribution in [0.1, 0.15) is 6.42 Å². The summed E-state index contributed by atoms with van der Waals surface area (Å²) in [6.45, 7) is 3.30. The second-order valence-corrected chi connectivity index (χ2v) is 2.44. The van der Waals surface area contributed by atoms with Gasteiger partial charge >= 0.3 is 6.03 Å². The van der Waals surface area contributed by atoms with Crippen molar-refractivity contribution in [2.45, 2.75) is 6.42 Å². The molecule has 0 aromatic heterocycles. The van der Waals surface area contributed by atoms with E-state index in [2.05, 4.69) is 18.3 Å². The Labute approximate surface area is 96.8 Å². The van der Waals surface area contributed by atoms with E-state index in [0.29, 0.717) is 0 Å². The van der Waals surface area contributed by atoms with E-state index in [1.54, 1.807) is 10.9 Å². The summed E-state index contributed by atoms with van der Waals surface area (Å²) in [7, 11) is 0. The fourth-order valence-electron chi connectivity index (χ4n) is 0.469. The van der Waals surface area contributed by atoms with Crippen molar-refractivity contribution in [3.63, 3.8) is 0 Å². The minimum Gasteiger partial charge on any atom is -0.294 e. The lowest BCUT2D eigenvalue weighted by Gasteiger charge is -2.01. The number of urea groups is 1. The summed E-state index contributed by atoms with van der Waals surface area (Å²) in [4.78, 5) is 30.8. The SMILES string of the molecule is C=C(CC(=O)NN)C(=O)NN.NNC(=O)NN. The van der Waals surface area contributed by atoms with Gasteiger partial charge in [0.1, 0.15) is 0 Å². The normalized spacial score (nSPS) is 8.00. The zero-order valence-corrected chi connectivity index (χ0v) is 8.95. The molecule has 0 aromatic carbocycles. The summed E-state index contributed by atoms with van der Waals surface area (Å²) < 4.78 is 0. The highest BCUT2D eigenvalue weighted by Crippen LogP contribution is 1.95. The second kappa shape index (κ2) is 10.3. The van der Waals surface area contributed by atoms with Gasteiger partial charge in [0, 0.05) is 5.57 Å². The highest BCUT2D eigenvalue weighted by molar-refractivity contribution is 5.97. The molecule has 0 unspecified atom stereocenters. The number of nitrogens with one attached hydrogen (secondary N) is 4. The summed E-state index contributed by atoms with van der Waals surface area (Å²) in [5.41, 5.74) is 7.23. The van der Waals surface area contributed by atoms with Crippen LogP contribution in [0.5, 0.6) is 0 Å². The minimum atomic E-state index is -0.602. The van der Waals surface area contributed by atoms with Crippen molar-refractivity contribution in [3.8, 4) is 0 Å². The van der Waals surface area contributed by atoms with Gasteiger partial charge in [-0.3, -0.25) is 31.3 Å². The number of amides is 4. The fraction of sp³-hybridized carbons (Fsp3) is 0.167. The number of nitrogens with two attached hydrogens (primary N) is 4. The van der Waals surface area contributed by atoms with E-state index >= 15 is 0 Å².